The van der Waals surface area contributed by atoms with E-state index in [9.17, 15) is 8.78 Å². The second kappa shape index (κ2) is 4.67. The molecule has 0 aliphatic carbocycles. The van der Waals surface area contributed by atoms with Gasteiger partial charge >= 0.3 is 0 Å². The van der Waals surface area contributed by atoms with Gasteiger partial charge in [-0.05, 0) is 15.9 Å². The van der Waals surface area contributed by atoms with Crippen molar-refractivity contribution in [2.24, 2.45) is 0 Å². The molecule has 0 unspecified atom stereocenters. The summed E-state index contributed by atoms with van der Waals surface area (Å²) in [5.41, 5.74) is 0.0298. The second-order valence-electron chi connectivity index (χ2n) is 2.42. The van der Waals surface area contributed by atoms with E-state index in [2.05, 4.69) is 20.9 Å². The molecule has 74 valence electrons. The van der Waals surface area contributed by atoms with Crippen molar-refractivity contribution in [3.63, 3.8) is 0 Å². The molecule has 0 atom stereocenters. The van der Waals surface area contributed by atoms with Crippen LogP contribution in [-0.2, 0) is 6.42 Å². The SMILES string of the molecule is N#CCc1ncc(C(F)F)c(Br)c1Cl. The molecule has 0 amide bonds. The predicted octanol–water partition coefficient (Wildman–Crippen LogP) is 3.50. The molecule has 0 radical (unpaired) electrons. The van der Waals surface area contributed by atoms with Crippen molar-refractivity contribution in [1.29, 1.82) is 5.26 Å². The van der Waals surface area contributed by atoms with Gasteiger partial charge in [0.05, 0.1) is 28.8 Å². The van der Waals surface area contributed by atoms with Gasteiger partial charge in [0, 0.05) is 10.7 Å². The summed E-state index contributed by atoms with van der Waals surface area (Å²) in [6, 6.07) is 1.85. The van der Waals surface area contributed by atoms with Crippen LogP contribution in [0.2, 0.25) is 5.02 Å². The van der Waals surface area contributed by atoms with E-state index in [1.165, 1.54) is 0 Å². The summed E-state index contributed by atoms with van der Waals surface area (Å²) in [6.45, 7) is 0. The largest absolute Gasteiger partial charge is 0.266 e. The summed E-state index contributed by atoms with van der Waals surface area (Å²) in [7, 11) is 0. The van der Waals surface area contributed by atoms with Crippen LogP contribution in [-0.4, -0.2) is 4.98 Å². The maximum absolute atomic E-state index is 12.3. The van der Waals surface area contributed by atoms with Gasteiger partial charge in [-0.3, -0.25) is 4.98 Å². The first-order valence-electron chi connectivity index (χ1n) is 3.55. The average Bonchev–Trinajstić information content (AvgIpc) is 2.13. The Balaban J connectivity index is 3.20. The Hall–Kier alpha value is -0.730. The molecule has 0 N–H and O–H groups in total. The maximum atomic E-state index is 12.3. The molecular formula is C8H4BrClF2N2. The van der Waals surface area contributed by atoms with Crippen molar-refractivity contribution in [3.8, 4) is 6.07 Å². The van der Waals surface area contributed by atoms with E-state index in [0.29, 0.717) is 5.69 Å². The third kappa shape index (κ3) is 2.20. The molecule has 0 spiro atoms. The molecule has 2 nitrogen and oxygen atoms in total. The fourth-order valence-corrected chi connectivity index (χ4v) is 1.59. The van der Waals surface area contributed by atoms with Gasteiger partial charge < -0.3 is 0 Å². The zero-order valence-corrected chi connectivity index (χ0v) is 9.11. The molecule has 14 heavy (non-hydrogen) atoms. The number of aromatic nitrogens is 1. The van der Waals surface area contributed by atoms with Gasteiger partial charge in [0.1, 0.15) is 0 Å². The molecule has 0 aromatic carbocycles. The second-order valence-corrected chi connectivity index (χ2v) is 3.59. The molecule has 0 aliphatic rings. The van der Waals surface area contributed by atoms with Gasteiger partial charge in [-0.15, -0.1) is 0 Å². The van der Waals surface area contributed by atoms with Gasteiger partial charge in [-0.25, -0.2) is 8.78 Å². The number of nitrogens with zero attached hydrogens (tertiary/aromatic N) is 2. The fraction of sp³-hybridized carbons (Fsp3) is 0.250. The van der Waals surface area contributed by atoms with Crippen molar-refractivity contribution in [2.45, 2.75) is 12.8 Å². The van der Waals surface area contributed by atoms with Gasteiger partial charge in [-0.1, -0.05) is 11.6 Å². The smallest absolute Gasteiger partial charge is 0.258 e. The highest BCUT2D eigenvalue weighted by atomic mass is 79.9. The van der Waals surface area contributed by atoms with Crippen LogP contribution in [0.4, 0.5) is 8.78 Å². The molecule has 0 fully saturated rings. The standard InChI is InChI=1S/C8H4BrClF2N2/c9-6-4(8(11)12)3-14-5(1-2-13)7(6)10/h3,8H,1H2. The first kappa shape index (κ1) is 11.3. The Bertz CT molecular complexity index is 390. The number of hydrogen-bond acceptors (Lipinski definition) is 2. The summed E-state index contributed by atoms with van der Waals surface area (Å²) >= 11 is 8.67. The van der Waals surface area contributed by atoms with E-state index in [-0.39, 0.29) is 21.5 Å². The topological polar surface area (TPSA) is 36.7 Å². The van der Waals surface area contributed by atoms with Crippen molar-refractivity contribution in [1.82, 2.24) is 4.98 Å². The Morgan fingerprint density at radius 2 is 2.29 bits per heavy atom. The monoisotopic (exact) mass is 280 g/mol. The molecule has 0 saturated heterocycles. The highest BCUT2D eigenvalue weighted by Gasteiger charge is 2.17. The van der Waals surface area contributed by atoms with Crippen LogP contribution < -0.4 is 0 Å². The Morgan fingerprint density at radius 1 is 1.64 bits per heavy atom. The third-order valence-corrected chi connectivity index (χ3v) is 3.03. The first-order valence-corrected chi connectivity index (χ1v) is 4.73. The summed E-state index contributed by atoms with van der Waals surface area (Å²) < 4.78 is 24.8. The lowest BCUT2D eigenvalue weighted by Gasteiger charge is -2.06. The number of rotatable bonds is 2. The molecule has 1 aromatic heterocycles. The minimum Gasteiger partial charge on any atom is -0.258 e. The van der Waals surface area contributed by atoms with E-state index >= 15 is 0 Å². The van der Waals surface area contributed by atoms with Crippen molar-refractivity contribution in [2.75, 3.05) is 0 Å². The lowest BCUT2D eigenvalue weighted by Crippen LogP contribution is -1.95. The van der Waals surface area contributed by atoms with Crippen LogP contribution >= 0.6 is 27.5 Å². The predicted molar refractivity (Wildman–Crippen MR) is 51.2 cm³/mol. The van der Waals surface area contributed by atoms with Gasteiger partial charge in [0.25, 0.3) is 6.43 Å². The lowest BCUT2D eigenvalue weighted by molar-refractivity contribution is 0.150. The van der Waals surface area contributed by atoms with Crippen LogP contribution in [0, 0.1) is 11.3 Å². The maximum Gasteiger partial charge on any atom is 0.266 e. The average molecular weight is 281 g/mol. The summed E-state index contributed by atoms with van der Waals surface area (Å²) in [5, 5.41) is 8.47. The number of nitriles is 1. The van der Waals surface area contributed by atoms with Gasteiger partial charge in [0.15, 0.2) is 0 Å². The zero-order chi connectivity index (χ0) is 10.7. The minimum absolute atomic E-state index is 0.000944. The van der Waals surface area contributed by atoms with Crippen LogP contribution in [0.3, 0.4) is 0 Å². The fourth-order valence-electron chi connectivity index (χ4n) is 0.864. The van der Waals surface area contributed by atoms with E-state index < -0.39 is 6.43 Å². The van der Waals surface area contributed by atoms with E-state index in [0.717, 1.165) is 6.20 Å². The van der Waals surface area contributed by atoms with Crippen LogP contribution in [0.25, 0.3) is 0 Å². The number of hydrogen-bond donors (Lipinski definition) is 0. The Kier molecular flexibility index (Phi) is 3.78. The quantitative estimate of drug-likeness (QED) is 0.832. The van der Waals surface area contributed by atoms with Crippen LogP contribution in [0.15, 0.2) is 10.7 Å². The normalized spacial score (nSPS) is 10.3. The molecule has 6 heteroatoms. The number of alkyl halides is 2. The van der Waals surface area contributed by atoms with E-state index in [4.69, 9.17) is 16.9 Å². The third-order valence-electron chi connectivity index (χ3n) is 1.54. The van der Waals surface area contributed by atoms with Gasteiger partial charge in [-0.2, -0.15) is 5.26 Å². The van der Waals surface area contributed by atoms with Crippen LogP contribution in [0.5, 0.6) is 0 Å². The number of pyridine rings is 1. The lowest BCUT2D eigenvalue weighted by atomic mass is 10.2. The minimum atomic E-state index is -2.63. The highest BCUT2D eigenvalue weighted by Crippen LogP contribution is 2.33. The van der Waals surface area contributed by atoms with Crippen molar-refractivity contribution < 1.29 is 8.78 Å². The highest BCUT2D eigenvalue weighted by molar-refractivity contribution is 9.10. The molecular weight excluding hydrogens is 277 g/mol. The first-order chi connectivity index (χ1) is 6.57. The van der Waals surface area contributed by atoms with E-state index in [1.54, 1.807) is 0 Å². The van der Waals surface area contributed by atoms with Crippen molar-refractivity contribution >= 4 is 27.5 Å². The van der Waals surface area contributed by atoms with E-state index in [1.807, 2.05) is 6.07 Å². The summed E-state index contributed by atoms with van der Waals surface area (Å²) in [4.78, 5) is 3.69. The van der Waals surface area contributed by atoms with Crippen molar-refractivity contribution in [3.05, 3.63) is 26.9 Å². The summed E-state index contributed by atoms with van der Waals surface area (Å²) in [5.74, 6) is 0. The van der Waals surface area contributed by atoms with Crippen LogP contribution in [0.1, 0.15) is 17.7 Å². The van der Waals surface area contributed by atoms with Gasteiger partial charge in [0.2, 0.25) is 0 Å². The molecule has 0 aliphatic heterocycles. The Morgan fingerprint density at radius 3 is 2.79 bits per heavy atom. The summed E-state index contributed by atoms with van der Waals surface area (Å²) in [6.07, 6.45) is -1.61. The molecule has 1 aromatic rings. The molecule has 0 bridgehead atoms. The number of halogens is 4. The molecule has 1 heterocycles. The molecule has 0 saturated carbocycles. The zero-order valence-electron chi connectivity index (χ0n) is 6.77. The Labute approximate surface area is 92.6 Å². The molecule has 1 rings (SSSR count).